The standard InChI is InChI=1S/C12H26O/c1-8-11(5,6)9-12(7,13)10(2,3)4/h13H,8-9H2,1-7H3. The van der Waals surface area contributed by atoms with Gasteiger partial charge in [-0.15, -0.1) is 0 Å². The normalized spacial score (nSPS) is 18.5. The van der Waals surface area contributed by atoms with Crippen LogP contribution in [0.3, 0.4) is 0 Å². The highest BCUT2D eigenvalue weighted by molar-refractivity contribution is 4.90. The van der Waals surface area contributed by atoms with Gasteiger partial charge in [0.25, 0.3) is 0 Å². The summed E-state index contributed by atoms with van der Waals surface area (Å²) in [7, 11) is 0. The zero-order valence-electron chi connectivity index (χ0n) is 10.4. The Kier molecular flexibility index (Phi) is 3.59. The Morgan fingerprint density at radius 3 is 1.54 bits per heavy atom. The molecule has 0 heterocycles. The van der Waals surface area contributed by atoms with Gasteiger partial charge in [-0.25, -0.2) is 0 Å². The molecule has 0 bridgehead atoms. The topological polar surface area (TPSA) is 20.2 Å². The highest BCUT2D eigenvalue weighted by Gasteiger charge is 2.39. The molecule has 0 radical (unpaired) electrons. The molecule has 0 spiro atoms. The van der Waals surface area contributed by atoms with Gasteiger partial charge in [-0.2, -0.15) is 0 Å². The summed E-state index contributed by atoms with van der Waals surface area (Å²) in [6.07, 6.45) is 1.97. The maximum atomic E-state index is 10.3. The van der Waals surface area contributed by atoms with E-state index in [1.54, 1.807) is 0 Å². The molecule has 0 saturated carbocycles. The molecule has 1 atom stereocenters. The van der Waals surface area contributed by atoms with E-state index in [0.717, 1.165) is 12.8 Å². The Morgan fingerprint density at radius 2 is 1.31 bits per heavy atom. The van der Waals surface area contributed by atoms with Crippen LogP contribution < -0.4 is 0 Å². The van der Waals surface area contributed by atoms with Crippen LogP contribution in [0.1, 0.15) is 61.3 Å². The van der Waals surface area contributed by atoms with Crippen LogP contribution in [0.15, 0.2) is 0 Å². The van der Waals surface area contributed by atoms with Gasteiger partial charge in [0.2, 0.25) is 0 Å². The first kappa shape index (κ1) is 13.0. The first-order valence-corrected chi connectivity index (χ1v) is 5.24. The summed E-state index contributed by atoms with van der Waals surface area (Å²) < 4.78 is 0. The molecule has 0 aliphatic heterocycles. The maximum absolute atomic E-state index is 10.3. The lowest BCUT2D eigenvalue weighted by Crippen LogP contribution is -2.43. The van der Waals surface area contributed by atoms with E-state index in [0.29, 0.717) is 0 Å². The zero-order valence-corrected chi connectivity index (χ0v) is 10.4. The van der Waals surface area contributed by atoms with Crippen LogP contribution in [0.5, 0.6) is 0 Å². The summed E-state index contributed by atoms with van der Waals surface area (Å²) in [5.41, 5.74) is -0.386. The Balaban J connectivity index is 4.52. The minimum absolute atomic E-state index is 0.0422. The van der Waals surface area contributed by atoms with Gasteiger partial charge in [-0.3, -0.25) is 0 Å². The van der Waals surface area contributed by atoms with Gasteiger partial charge in [0.05, 0.1) is 5.60 Å². The SMILES string of the molecule is CCC(C)(C)CC(C)(O)C(C)(C)C. The van der Waals surface area contributed by atoms with Crippen LogP contribution in [0.25, 0.3) is 0 Å². The summed E-state index contributed by atoms with van der Waals surface area (Å²) >= 11 is 0. The average Bonchev–Trinajstić information content (AvgIpc) is 1.83. The van der Waals surface area contributed by atoms with E-state index in [1.165, 1.54) is 0 Å². The lowest BCUT2D eigenvalue weighted by molar-refractivity contribution is -0.0726. The molecule has 1 heteroatoms. The molecule has 0 amide bonds. The highest BCUT2D eigenvalue weighted by atomic mass is 16.3. The Labute approximate surface area is 83.5 Å². The van der Waals surface area contributed by atoms with Gasteiger partial charge in [-0.1, -0.05) is 48.0 Å². The zero-order chi connectivity index (χ0) is 10.9. The van der Waals surface area contributed by atoms with Crippen molar-refractivity contribution in [3.05, 3.63) is 0 Å². The van der Waals surface area contributed by atoms with Gasteiger partial charge in [0.1, 0.15) is 0 Å². The van der Waals surface area contributed by atoms with E-state index in [4.69, 9.17) is 0 Å². The van der Waals surface area contributed by atoms with Gasteiger partial charge >= 0.3 is 0 Å². The molecule has 0 saturated heterocycles. The number of aliphatic hydroxyl groups is 1. The van der Waals surface area contributed by atoms with E-state index in [2.05, 4.69) is 41.5 Å². The van der Waals surface area contributed by atoms with Crippen molar-refractivity contribution in [2.45, 2.75) is 66.9 Å². The van der Waals surface area contributed by atoms with E-state index in [9.17, 15) is 5.11 Å². The molecule has 1 nitrogen and oxygen atoms in total. The van der Waals surface area contributed by atoms with Gasteiger partial charge in [0, 0.05) is 0 Å². The smallest absolute Gasteiger partial charge is 0.0672 e. The van der Waals surface area contributed by atoms with Crippen molar-refractivity contribution in [2.75, 3.05) is 0 Å². The second-order valence-electron chi connectivity index (χ2n) is 6.22. The molecular weight excluding hydrogens is 160 g/mol. The third kappa shape index (κ3) is 3.68. The Hall–Kier alpha value is -0.0400. The number of rotatable bonds is 3. The largest absolute Gasteiger partial charge is 0.390 e. The van der Waals surface area contributed by atoms with Crippen molar-refractivity contribution in [3.8, 4) is 0 Å². The third-order valence-corrected chi connectivity index (χ3v) is 3.40. The van der Waals surface area contributed by atoms with Gasteiger partial charge in [0.15, 0.2) is 0 Å². The van der Waals surface area contributed by atoms with Crippen molar-refractivity contribution < 1.29 is 5.11 Å². The molecule has 13 heavy (non-hydrogen) atoms. The lowest BCUT2D eigenvalue weighted by atomic mass is 9.68. The van der Waals surface area contributed by atoms with E-state index >= 15 is 0 Å². The van der Waals surface area contributed by atoms with Crippen molar-refractivity contribution in [2.24, 2.45) is 10.8 Å². The third-order valence-electron chi connectivity index (χ3n) is 3.40. The van der Waals surface area contributed by atoms with Crippen LogP contribution in [0, 0.1) is 10.8 Å². The molecule has 1 unspecified atom stereocenters. The fourth-order valence-corrected chi connectivity index (χ4v) is 1.32. The van der Waals surface area contributed by atoms with E-state index in [-0.39, 0.29) is 10.8 Å². The molecule has 0 rings (SSSR count). The fraction of sp³-hybridized carbons (Fsp3) is 1.00. The molecule has 0 aliphatic carbocycles. The molecule has 0 fully saturated rings. The Bertz CT molecular complexity index is 160. The first-order valence-electron chi connectivity index (χ1n) is 5.24. The second-order valence-corrected chi connectivity index (χ2v) is 6.22. The first-order chi connectivity index (χ1) is 5.52. The molecule has 1 N–H and O–H groups in total. The minimum atomic E-state index is -0.577. The molecule has 80 valence electrons. The van der Waals surface area contributed by atoms with E-state index in [1.807, 2.05) is 6.92 Å². The van der Waals surface area contributed by atoms with Crippen molar-refractivity contribution in [1.82, 2.24) is 0 Å². The second kappa shape index (κ2) is 3.61. The van der Waals surface area contributed by atoms with Crippen molar-refractivity contribution in [3.63, 3.8) is 0 Å². The predicted molar refractivity (Wildman–Crippen MR) is 58.8 cm³/mol. The van der Waals surface area contributed by atoms with Crippen LogP contribution in [-0.4, -0.2) is 10.7 Å². The number of hydrogen-bond donors (Lipinski definition) is 1. The quantitative estimate of drug-likeness (QED) is 0.714. The van der Waals surface area contributed by atoms with Crippen LogP contribution >= 0.6 is 0 Å². The molecule has 0 aromatic heterocycles. The summed E-state index contributed by atoms with van der Waals surface area (Å²) in [4.78, 5) is 0. The molecule has 0 aromatic carbocycles. The molecule has 0 aromatic rings. The molecular formula is C12H26O. The maximum Gasteiger partial charge on any atom is 0.0672 e. The minimum Gasteiger partial charge on any atom is -0.390 e. The van der Waals surface area contributed by atoms with Crippen LogP contribution in [0.4, 0.5) is 0 Å². The predicted octanol–water partition coefficient (Wildman–Crippen LogP) is 3.61. The molecule has 0 aliphatic rings. The van der Waals surface area contributed by atoms with Crippen LogP contribution in [0.2, 0.25) is 0 Å². The van der Waals surface area contributed by atoms with Crippen molar-refractivity contribution >= 4 is 0 Å². The van der Waals surface area contributed by atoms with Gasteiger partial charge in [-0.05, 0) is 24.2 Å². The summed E-state index contributed by atoms with van der Waals surface area (Å²) in [5, 5.41) is 10.3. The van der Waals surface area contributed by atoms with Crippen molar-refractivity contribution in [1.29, 1.82) is 0 Å². The number of hydrogen-bond acceptors (Lipinski definition) is 1. The highest BCUT2D eigenvalue weighted by Crippen LogP contribution is 2.40. The van der Waals surface area contributed by atoms with Gasteiger partial charge < -0.3 is 5.11 Å². The monoisotopic (exact) mass is 186 g/mol. The summed E-state index contributed by atoms with van der Waals surface area (Å²) in [5.74, 6) is 0. The lowest BCUT2D eigenvalue weighted by Gasteiger charge is -2.42. The van der Waals surface area contributed by atoms with Crippen LogP contribution in [-0.2, 0) is 0 Å². The average molecular weight is 186 g/mol. The van der Waals surface area contributed by atoms with E-state index < -0.39 is 5.60 Å². The Morgan fingerprint density at radius 1 is 0.923 bits per heavy atom. The fourth-order valence-electron chi connectivity index (χ4n) is 1.32. The summed E-state index contributed by atoms with van der Waals surface area (Å²) in [6, 6.07) is 0. The summed E-state index contributed by atoms with van der Waals surface area (Å²) in [6.45, 7) is 14.8.